The second kappa shape index (κ2) is 9.53. The van der Waals surface area contributed by atoms with Gasteiger partial charge in [0.05, 0.1) is 19.4 Å². The topological polar surface area (TPSA) is 43.4 Å². The largest absolute Gasteiger partial charge is 0.496 e. The summed E-state index contributed by atoms with van der Waals surface area (Å²) in [6, 6.07) is 0. The van der Waals surface area contributed by atoms with E-state index >= 15 is 0 Å². The minimum absolute atomic E-state index is 0.759. The van der Waals surface area contributed by atoms with Crippen LogP contribution in [0.3, 0.4) is 0 Å². The quantitative estimate of drug-likeness (QED) is 0.561. The number of hydrogen-bond acceptors (Lipinski definition) is 4. The third kappa shape index (κ3) is 5.86. The van der Waals surface area contributed by atoms with E-state index in [2.05, 4.69) is 30.2 Å². The highest BCUT2D eigenvalue weighted by molar-refractivity contribution is 5.42. The van der Waals surface area contributed by atoms with Gasteiger partial charge in [0.15, 0.2) is 0 Å². The molecule has 0 aromatic carbocycles. The Morgan fingerprint density at radius 2 is 2.05 bits per heavy atom. The maximum absolute atomic E-state index is 5.45. The number of aryl methyl sites for hydroxylation is 1. The lowest BCUT2D eigenvalue weighted by atomic mass is 10.0. The zero-order valence-electron chi connectivity index (χ0n) is 14.0. The monoisotopic (exact) mass is 292 g/mol. The summed E-state index contributed by atoms with van der Waals surface area (Å²) in [5.74, 6) is 0.953. The SMILES string of the molecule is COCCNCCC=C(C)Cc1ncc(C)c(OC)c1C. The van der Waals surface area contributed by atoms with E-state index in [0.29, 0.717) is 0 Å². The molecule has 1 heterocycles. The maximum Gasteiger partial charge on any atom is 0.128 e. The normalized spacial score (nSPS) is 11.8. The Morgan fingerprint density at radius 3 is 2.71 bits per heavy atom. The van der Waals surface area contributed by atoms with Crippen LogP contribution < -0.4 is 10.1 Å². The molecule has 0 aliphatic rings. The fourth-order valence-corrected chi connectivity index (χ4v) is 2.31. The molecule has 4 heteroatoms. The molecule has 0 bridgehead atoms. The van der Waals surface area contributed by atoms with Crippen molar-refractivity contribution < 1.29 is 9.47 Å². The Morgan fingerprint density at radius 1 is 1.29 bits per heavy atom. The number of hydrogen-bond donors (Lipinski definition) is 1. The zero-order chi connectivity index (χ0) is 15.7. The lowest BCUT2D eigenvalue weighted by Crippen LogP contribution is -2.19. The summed E-state index contributed by atoms with van der Waals surface area (Å²) in [5, 5.41) is 3.34. The maximum atomic E-state index is 5.45. The first-order chi connectivity index (χ1) is 10.1. The van der Waals surface area contributed by atoms with Crippen LogP contribution in [0.25, 0.3) is 0 Å². The molecule has 4 nitrogen and oxygen atoms in total. The summed E-state index contributed by atoms with van der Waals surface area (Å²) in [6.45, 7) is 8.89. The standard InChI is InChI=1S/C17H28N2O2/c1-13(7-6-8-18-9-10-20-4)11-16-15(3)17(21-5)14(2)12-19-16/h7,12,18H,6,8-11H2,1-5H3. The van der Waals surface area contributed by atoms with Gasteiger partial charge in [0, 0.05) is 37.4 Å². The Hall–Kier alpha value is -1.39. The van der Waals surface area contributed by atoms with Crippen molar-refractivity contribution >= 4 is 0 Å². The lowest BCUT2D eigenvalue weighted by molar-refractivity contribution is 0.199. The van der Waals surface area contributed by atoms with E-state index < -0.39 is 0 Å². The molecule has 0 saturated heterocycles. The van der Waals surface area contributed by atoms with Gasteiger partial charge in [-0.15, -0.1) is 0 Å². The number of ether oxygens (including phenoxy) is 2. The highest BCUT2D eigenvalue weighted by Crippen LogP contribution is 2.25. The molecule has 0 spiro atoms. The number of aromatic nitrogens is 1. The Bertz CT molecular complexity index is 470. The van der Waals surface area contributed by atoms with E-state index in [1.807, 2.05) is 13.1 Å². The molecule has 1 aromatic heterocycles. The number of methoxy groups -OCH3 is 2. The number of nitrogens with zero attached hydrogens (tertiary/aromatic N) is 1. The third-order valence-corrected chi connectivity index (χ3v) is 3.49. The molecule has 0 amide bonds. The predicted octanol–water partition coefficient (Wildman–Crippen LogP) is 2.82. The van der Waals surface area contributed by atoms with Crippen LogP contribution in [0.2, 0.25) is 0 Å². The van der Waals surface area contributed by atoms with Gasteiger partial charge in [0.2, 0.25) is 0 Å². The van der Waals surface area contributed by atoms with E-state index in [4.69, 9.17) is 9.47 Å². The zero-order valence-corrected chi connectivity index (χ0v) is 14.0. The molecule has 118 valence electrons. The molecule has 1 N–H and O–H groups in total. The first-order valence-corrected chi connectivity index (χ1v) is 7.44. The van der Waals surface area contributed by atoms with E-state index in [9.17, 15) is 0 Å². The molecule has 0 aliphatic heterocycles. The average Bonchev–Trinajstić information content (AvgIpc) is 2.46. The second-order valence-corrected chi connectivity index (χ2v) is 5.30. The van der Waals surface area contributed by atoms with Crippen LogP contribution in [-0.2, 0) is 11.2 Å². The summed E-state index contributed by atoms with van der Waals surface area (Å²) >= 11 is 0. The van der Waals surface area contributed by atoms with Gasteiger partial charge in [-0.05, 0) is 33.7 Å². The summed E-state index contributed by atoms with van der Waals surface area (Å²) in [6.07, 6.45) is 6.06. The number of pyridine rings is 1. The summed E-state index contributed by atoms with van der Waals surface area (Å²) < 4.78 is 10.4. The van der Waals surface area contributed by atoms with Crippen LogP contribution in [0.5, 0.6) is 5.75 Å². The van der Waals surface area contributed by atoms with Gasteiger partial charge in [-0.1, -0.05) is 11.6 Å². The minimum atomic E-state index is 0.759. The molecule has 0 saturated carbocycles. The molecule has 0 aliphatic carbocycles. The van der Waals surface area contributed by atoms with E-state index in [1.165, 1.54) is 5.57 Å². The second-order valence-electron chi connectivity index (χ2n) is 5.30. The highest BCUT2D eigenvalue weighted by Gasteiger charge is 2.09. The number of allylic oxidation sites excluding steroid dienone is 1. The minimum Gasteiger partial charge on any atom is -0.496 e. The van der Waals surface area contributed by atoms with Crippen molar-refractivity contribution in [2.24, 2.45) is 0 Å². The molecule has 0 fully saturated rings. The van der Waals surface area contributed by atoms with Crippen molar-refractivity contribution in [2.75, 3.05) is 33.9 Å². The van der Waals surface area contributed by atoms with E-state index in [0.717, 1.165) is 55.1 Å². The van der Waals surface area contributed by atoms with Crippen molar-refractivity contribution in [3.63, 3.8) is 0 Å². The van der Waals surface area contributed by atoms with Crippen LogP contribution in [0.1, 0.15) is 30.2 Å². The molecule has 21 heavy (non-hydrogen) atoms. The van der Waals surface area contributed by atoms with Gasteiger partial charge in [0.1, 0.15) is 5.75 Å². The van der Waals surface area contributed by atoms with Crippen LogP contribution in [0.4, 0.5) is 0 Å². The van der Waals surface area contributed by atoms with Crippen molar-refractivity contribution in [1.82, 2.24) is 10.3 Å². The third-order valence-electron chi connectivity index (χ3n) is 3.49. The van der Waals surface area contributed by atoms with Gasteiger partial charge >= 0.3 is 0 Å². The van der Waals surface area contributed by atoms with Gasteiger partial charge in [-0.2, -0.15) is 0 Å². The van der Waals surface area contributed by atoms with Gasteiger partial charge in [-0.3, -0.25) is 4.98 Å². The van der Waals surface area contributed by atoms with Gasteiger partial charge in [0.25, 0.3) is 0 Å². The van der Waals surface area contributed by atoms with Crippen molar-refractivity contribution in [3.05, 3.63) is 34.7 Å². The Labute approximate surface area is 128 Å². The molecule has 1 aromatic rings. The number of nitrogens with one attached hydrogen (secondary N) is 1. The molecule has 0 radical (unpaired) electrons. The van der Waals surface area contributed by atoms with Crippen molar-refractivity contribution in [3.8, 4) is 5.75 Å². The summed E-state index contributed by atoms with van der Waals surface area (Å²) in [5.41, 5.74) is 4.66. The van der Waals surface area contributed by atoms with Crippen LogP contribution in [-0.4, -0.2) is 38.9 Å². The first kappa shape index (κ1) is 17.7. The molecule has 0 unspecified atom stereocenters. The predicted molar refractivity (Wildman–Crippen MR) is 87.1 cm³/mol. The fourth-order valence-electron chi connectivity index (χ4n) is 2.31. The highest BCUT2D eigenvalue weighted by atomic mass is 16.5. The Balaban J connectivity index is 2.52. The Kier molecular flexibility index (Phi) is 8.01. The average molecular weight is 292 g/mol. The van der Waals surface area contributed by atoms with Gasteiger partial charge < -0.3 is 14.8 Å². The number of rotatable bonds is 9. The molecule has 1 rings (SSSR count). The fraction of sp³-hybridized carbons (Fsp3) is 0.588. The van der Waals surface area contributed by atoms with Crippen LogP contribution in [0, 0.1) is 13.8 Å². The molecular formula is C17H28N2O2. The van der Waals surface area contributed by atoms with Crippen LogP contribution in [0.15, 0.2) is 17.8 Å². The molecule has 0 atom stereocenters. The van der Waals surface area contributed by atoms with Gasteiger partial charge in [-0.25, -0.2) is 0 Å². The van der Waals surface area contributed by atoms with E-state index in [-0.39, 0.29) is 0 Å². The molecular weight excluding hydrogens is 264 g/mol. The first-order valence-electron chi connectivity index (χ1n) is 7.44. The van der Waals surface area contributed by atoms with E-state index in [1.54, 1.807) is 14.2 Å². The van der Waals surface area contributed by atoms with Crippen molar-refractivity contribution in [1.29, 1.82) is 0 Å². The van der Waals surface area contributed by atoms with Crippen LogP contribution >= 0.6 is 0 Å². The summed E-state index contributed by atoms with van der Waals surface area (Å²) in [7, 11) is 3.43. The summed E-state index contributed by atoms with van der Waals surface area (Å²) in [4.78, 5) is 4.54. The van der Waals surface area contributed by atoms with Crippen molar-refractivity contribution in [2.45, 2.75) is 33.6 Å². The lowest BCUT2D eigenvalue weighted by Gasteiger charge is -2.12. The smallest absolute Gasteiger partial charge is 0.128 e.